The van der Waals surface area contributed by atoms with Gasteiger partial charge in [-0.25, -0.2) is 0 Å². The van der Waals surface area contributed by atoms with Crippen LogP contribution in [0.3, 0.4) is 0 Å². The summed E-state index contributed by atoms with van der Waals surface area (Å²) >= 11 is 0. The summed E-state index contributed by atoms with van der Waals surface area (Å²) in [7, 11) is 0. The molecule has 0 unspecified atom stereocenters. The summed E-state index contributed by atoms with van der Waals surface area (Å²) in [5.41, 5.74) is 5.72. The van der Waals surface area contributed by atoms with Crippen molar-refractivity contribution >= 4 is 17.6 Å². The Hall–Kier alpha value is -2.17. The second-order valence-electron chi connectivity index (χ2n) is 4.09. The van der Waals surface area contributed by atoms with E-state index in [1.807, 2.05) is 0 Å². The van der Waals surface area contributed by atoms with Crippen LogP contribution in [0.4, 0.5) is 0 Å². The Morgan fingerprint density at radius 2 is 1.95 bits per heavy atom. The van der Waals surface area contributed by atoms with Crippen LogP contribution in [0.1, 0.15) is 26.2 Å². The van der Waals surface area contributed by atoms with Gasteiger partial charge in [-0.15, -0.1) is 0 Å². The van der Waals surface area contributed by atoms with Gasteiger partial charge in [0, 0.05) is 6.42 Å². The van der Waals surface area contributed by atoms with E-state index >= 15 is 0 Å². The van der Waals surface area contributed by atoms with E-state index in [4.69, 9.17) is 5.73 Å². The number of ketones is 1. The SMILES string of the molecule is C=C/C=C(\C=C)CC(=O)N[C@@H](CCC(N)=O)C(C)=O. The predicted molar refractivity (Wildman–Crippen MR) is 74.1 cm³/mol. The lowest BCUT2D eigenvalue weighted by Gasteiger charge is -2.15. The number of hydrogen-bond donors (Lipinski definition) is 2. The molecule has 0 fully saturated rings. The number of hydrogen-bond acceptors (Lipinski definition) is 3. The summed E-state index contributed by atoms with van der Waals surface area (Å²) in [5.74, 6) is -1.01. The summed E-state index contributed by atoms with van der Waals surface area (Å²) < 4.78 is 0. The van der Waals surface area contributed by atoms with Gasteiger partial charge in [-0.05, 0) is 18.9 Å². The van der Waals surface area contributed by atoms with Crippen molar-refractivity contribution in [2.24, 2.45) is 5.73 Å². The van der Waals surface area contributed by atoms with Crippen molar-refractivity contribution in [3.05, 3.63) is 37.0 Å². The molecule has 2 amide bonds. The molecule has 3 N–H and O–H groups in total. The molecule has 0 saturated carbocycles. The van der Waals surface area contributed by atoms with E-state index in [1.165, 1.54) is 6.92 Å². The fourth-order valence-corrected chi connectivity index (χ4v) is 1.44. The zero-order valence-electron chi connectivity index (χ0n) is 11.1. The Bertz CT molecular complexity index is 411. The molecule has 0 aliphatic heterocycles. The Morgan fingerprint density at radius 1 is 1.32 bits per heavy atom. The molecule has 0 heterocycles. The van der Waals surface area contributed by atoms with Crippen LogP contribution in [0.5, 0.6) is 0 Å². The van der Waals surface area contributed by atoms with Gasteiger partial charge in [0.1, 0.15) is 0 Å². The fraction of sp³-hybridized carbons (Fsp3) is 0.357. The highest BCUT2D eigenvalue weighted by molar-refractivity contribution is 5.89. The molecule has 0 saturated heterocycles. The second kappa shape index (κ2) is 8.85. The van der Waals surface area contributed by atoms with Crippen molar-refractivity contribution in [3.8, 4) is 0 Å². The van der Waals surface area contributed by atoms with Crippen molar-refractivity contribution in [3.63, 3.8) is 0 Å². The summed E-state index contributed by atoms with van der Waals surface area (Å²) in [5, 5.41) is 2.58. The first-order valence-corrected chi connectivity index (χ1v) is 5.92. The number of carbonyl (C=O) groups is 3. The largest absolute Gasteiger partial charge is 0.370 e. The van der Waals surface area contributed by atoms with Crippen LogP contribution in [0.15, 0.2) is 37.0 Å². The Morgan fingerprint density at radius 3 is 2.37 bits per heavy atom. The minimum absolute atomic E-state index is 0.0569. The molecule has 0 aliphatic carbocycles. The van der Waals surface area contributed by atoms with Gasteiger partial charge in [0.05, 0.1) is 12.5 Å². The van der Waals surface area contributed by atoms with Crippen LogP contribution < -0.4 is 11.1 Å². The summed E-state index contributed by atoms with van der Waals surface area (Å²) in [6.45, 7) is 8.48. The molecule has 0 spiro atoms. The number of nitrogens with one attached hydrogen (secondary N) is 1. The molecule has 19 heavy (non-hydrogen) atoms. The standard InChI is InChI=1S/C14H20N2O3/c1-4-6-11(5-2)9-14(19)16-12(10(3)17)7-8-13(15)18/h4-6,12H,1-2,7-9H2,3H3,(H2,15,18)(H,16,19)/b11-6+/t12-/m0/s1. The van der Waals surface area contributed by atoms with Crippen LogP contribution >= 0.6 is 0 Å². The molecule has 1 atom stereocenters. The van der Waals surface area contributed by atoms with E-state index in [0.717, 1.165) is 0 Å². The number of allylic oxidation sites excluding steroid dienone is 3. The maximum Gasteiger partial charge on any atom is 0.224 e. The van der Waals surface area contributed by atoms with E-state index in [1.54, 1.807) is 18.2 Å². The van der Waals surface area contributed by atoms with E-state index in [0.29, 0.717) is 5.57 Å². The second-order valence-corrected chi connectivity index (χ2v) is 4.09. The monoisotopic (exact) mass is 264 g/mol. The van der Waals surface area contributed by atoms with Crippen molar-refractivity contribution in [1.82, 2.24) is 5.32 Å². The lowest BCUT2D eigenvalue weighted by molar-refractivity contribution is -0.127. The van der Waals surface area contributed by atoms with Gasteiger partial charge in [-0.3, -0.25) is 14.4 Å². The molecular formula is C14H20N2O3. The molecular weight excluding hydrogens is 244 g/mol. The zero-order valence-corrected chi connectivity index (χ0v) is 11.1. The average Bonchev–Trinajstić information content (AvgIpc) is 2.33. The number of Topliss-reactive ketones (excluding diaryl/α,β-unsaturated/α-hetero) is 1. The molecule has 0 bridgehead atoms. The number of nitrogens with two attached hydrogens (primary N) is 1. The first-order chi connectivity index (χ1) is 8.90. The molecule has 104 valence electrons. The summed E-state index contributed by atoms with van der Waals surface area (Å²) in [6.07, 6.45) is 5.15. The lowest BCUT2D eigenvalue weighted by Crippen LogP contribution is -2.40. The molecule has 5 nitrogen and oxygen atoms in total. The van der Waals surface area contributed by atoms with Gasteiger partial charge in [-0.1, -0.05) is 31.4 Å². The molecule has 0 radical (unpaired) electrons. The lowest BCUT2D eigenvalue weighted by atomic mass is 10.1. The van der Waals surface area contributed by atoms with Gasteiger partial charge in [-0.2, -0.15) is 0 Å². The quantitative estimate of drug-likeness (QED) is 0.609. The van der Waals surface area contributed by atoms with E-state index < -0.39 is 11.9 Å². The first kappa shape index (κ1) is 16.8. The number of primary amides is 1. The number of carbonyl (C=O) groups excluding carboxylic acids is 3. The van der Waals surface area contributed by atoms with Crippen molar-refractivity contribution in [2.45, 2.75) is 32.2 Å². The molecule has 0 aromatic rings. The minimum atomic E-state index is -0.685. The highest BCUT2D eigenvalue weighted by Gasteiger charge is 2.17. The maximum absolute atomic E-state index is 11.7. The van der Waals surface area contributed by atoms with Gasteiger partial charge in [0.2, 0.25) is 11.8 Å². The van der Waals surface area contributed by atoms with Crippen LogP contribution in [0, 0.1) is 0 Å². The smallest absolute Gasteiger partial charge is 0.224 e. The van der Waals surface area contributed by atoms with Crippen molar-refractivity contribution < 1.29 is 14.4 Å². The molecule has 0 aliphatic rings. The molecule has 0 rings (SSSR count). The zero-order chi connectivity index (χ0) is 14.8. The Balaban J connectivity index is 4.50. The summed E-state index contributed by atoms with van der Waals surface area (Å²) in [6, 6.07) is -0.685. The highest BCUT2D eigenvalue weighted by atomic mass is 16.2. The van der Waals surface area contributed by atoms with Crippen LogP contribution in [0.25, 0.3) is 0 Å². The van der Waals surface area contributed by atoms with Gasteiger partial charge < -0.3 is 11.1 Å². The van der Waals surface area contributed by atoms with Gasteiger partial charge in [0.15, 0.2) is 5.78 Å². The third-order valence-electron chi connectivity index (χ3n) is 2.46. The van der Waals surface area contributed by atoms with Crippen LogP contribution in [-0.4, -0.2) is 23.6 Å². The third kappa shape index (κ3) is 7.70. The van der Waals surface area contributed by atoms with Crippen molar-refractivity contribution in [1.29, 1.82) is 0 Å². The fourth-order valence-electron chi connectivity index (χ4n) is 1.44. The third-order valence-corrected chi connectivity index (χ3v) is 2.46. The van der Waals surface area contributed by atoms with E-state index in [2.05, 4.69) is 18.5 Å². The highest BCUT2D eigenvalue weighted by Crippen LogP contribution is 2.05. The maximum atomic E-state index is 11.7. The van der Waals surface area contributed by atoms with Crippen LogP contribution in [0.2, 0.25) is 0 Å². The summed E-state index contributed by atoms with van der Waals surface area (Å²) in [4.78, 5) is 33.8. The van der Waals surface area contributed by atoms with Gasteiger partial charge >= 0.3 is 0 Å². The Kier molecular flexibility index (Phi) is 7.84. The minimum Gasteiger partial charge on any atom is -0.370 e. The van der Waals surface area contributed by atoms with Crippen LogP contribution in [-0.2, 0) is 14.4 Å². The first-order valence-electron chi connectivity index (χ1n) is 5.92. The predicted octanol–water partition coefficient (Wildman–Crippen LogP) is 1.01. The number of rotatable bonds is 9. The topological polar surface area (TPSA) is 89.3 Å². The van der Waals surface area contributed by atoms with E-state index in [-0.39, 0.29) is 31.0 Å². The van der Waals surface area contributed by atoms with E-state index in [9.17, 15) is 14.4 Å². The Labute approximate surface area is 113 Å². The average molecular weight is 264 g/mol. The normalized spacial score (nSPS) is 12.4. The van der Waals surface area contributed by atoms with Crippen molar-refractivity contribution in [2.75, 3.05) is 0 Å². The molecule has 0 aromatic carbocycles. The number of amides is 2. The molecule has 5 heteroatoms. The van der Waals surface area contributed by atoms with Gasteiger partial charge in [0.25, 0.3) is 0 Å². The molecule has 0 aromatic heterocycles.